The molecule has 2 amide bonds. The molecule has 0 unspecified atom stereocenters. The lowest BCUT2D eigenvalue weighted by Gasteiger charge is -2.08. The average molecular weight is 326 g/mol. The number of rotatable bonds is 2. The number of hydrogen-bond donors (Lipinski definition) is 3. The smallest absolute Gasteiger partial charge is 0.267 e. The van der Waals surface area contributed by atoms with Crippen LogP contribution in [0.3, 0.4) is 0 Å². The maximum absolute atomic E-state index is 13.5. The van der Waals surface area contributed by atoms with E-state index in [1.165, 1.54) is 18.2 Å². The molecule has 0 spiro atoms. The SMILES string of the molecule is O=C(NNC(=O)c1n[nH]c(=O)c2ccccc12)c1ccccc1F. The summed E-state index contributed by atoms with van der Waals surface area (Å²) in [5.41, 5.74) is 3.54. The zero-order valence-electron chi connectivity index (χ0n) is 12.2. The molecule has 8 heteroatoms. The number of hydrogen-bond acceptors (Lipinski definition) is 4. The molecule has 7 nitrogen and oxygen atoms in total. The molecule has 2 aromatic carbocycles. The molecule has 0 aliphatic heterocycles. The Hall–Kier alpha value is -3.55. The minimum Gasteiger partial charge on any atom is -0.267 e. The molecule has 0 aliphatic carbocycles. The maximum Gasteiger partial charge on any atom is 0.290 e. The molecule has 3 aromatic rings. The zero-order valence-corrected chi connectivity index (χ0v) is 12.2. The number of benzene rings is 2. The molecule has 0 fully saturated rings. The molecule has 0 saturated carbocycles. The van der Waals surface area contributed by atoms with Crippen LogP contribution in [-0.4, -0.2) is 22.0 Å². The van der Waals surface area contributed by atoms with Crippen molar-refractivity contribution in [2.24, 2.45) is 0 Å². The van der Waals surface area contributed by atoms with Crippen LogP contribution in [0.5, 0.6) is 0 Å². The lowest BCUT2D eigenvalue weighted by atomic mass is 10.1. The van der Waals surface area contributed by atoms with Crippen molar-refractivity contribution in [3.8, 4) is 0 Å². The highest BCUT2D eigenvalue weighted by atomic mass is 19.1. The topological polar surface area (TPSA) is 104 Å². The first-order valence-corrected chi connectivity index (χ1v) is 6.90. The van der Waals surface area contributed by atoms with Gasteiger partial charge in [0.2, 0.25) is 0 Å². The van der Waals surface area contributed by atoms with Crippen LogP contribution in [0.2, 0.25) is 0 Å². The molecule has 120 valence electrons. The van der Waals surface area contributed by atoms with Crippen LogP contribution in [0.15, 0.2) is 53.3 Å². The molecule has 1 aromatic heterocycles. The number of carbonyl (C=O) groups is 2. The van der Waals surface area contributed by atoms with Crippen LogP contribution in [0.4, 0.5) is 4.39 Å². The summed E-state index contributed by atoms with van der Waals surface area (Å²) in [4.78, 5) is 35.7. The fourth-order valence-electron chi connectivity index (χ4n) is 2.17. The van der Waals surface area contributed by atoms with Crippen LogP contribution >= 0.6 is 0 Å². The Morgan fingerprint density at radius 2 is 1.54 bits per heavy atom. The van der Waals surface area contributed by atoms with Crippen molar-refractivity contribution in [3.05, 3.63) is 76.0 Å². The summed E-state index contributed by atoms with van der Waals surface area (Å²) < 4.78 is 13.5. The van der Waals surface area contributed by atoms with E-state index in [2.05, 4.69) is 21.0 Å². The third kappa shape index (κ3) is 2.84. The minimum atomic E-state index is -0.810. The summed E-state index contributed by atoms with van der Waals surface area (Å²) in [6.07, 6.45) is 0. The Bertz CT molecular complexity index is 1000. The van der Waals surface area contributed by atoms with Crippen LogP contribution in [-0.2, 0) is 0 Å². The Morgan fingerprint density at radius 3 is 2.29 bits per heavy atom. The predicted molar refractivity (Wildman–Crippen MR) is 83.7 cm³/mol. The fraction of sp³-hybridized carbons (Fsp3) is 0. The summed E-state index contributed by atoms with van der Waals surface area (Å²) in [5, 5.41) is 6.54. The number of aromatic amines is 1. The molecule has 1 heterocycles. The van der Waals surface area contributed by atoms with Gasteiger partial charge >= 0.3 is 0 Å². The van der Waals surface area contributed by atoms with Gasteiger partial charge < -0.3 is 0 Å². The van der Waals surface area contributed by atoms with E-state index in [1.54, 1.807) is 24.3 Å². The van der Waals surface area contributed by atoms with Crippen molar-refractivity contribution in [1.82, 2.24) is 21.0 Å². The van der Waals surface area contributed by atoms with Gasteiger partial charge in [-0.1, -0.05) is 30.3 Å². The van der Waals surface area contributed by atoms with Gasteiger partial charge in [0.25, 0.3) is 17.4 Å². The van der Waals surface area contributed by atoms with E-state index in [9.17, 15) is 18.8 Å². The molecule has 0 atom stereocenters. The molecular formula is C16H11FN4O3. The normalized spacial score (nSPS) is 10.4. The van der Waals surface area contributed by atoms with Gasteiger partial charge in [0.1, 0.15) is 5.82 Å². The predicted octanol–water partition coefficient (Wildman–Crippen LogP) is 1.14. The van der Waals surface area contributed by atoms with Crippen LogP contribution < -0.4 is 16.4 Å². The van der Waals surface area contributed by atoms with Crippen LogP contribution in [0.25, 0.3) is 10.8 Å². The molecule has 24 heavy (non-hydrogen) atoms. The molecule has 0 bridgehead atoms. The number of amides is 2. The second-order valence-corrected chi connectivity index (χ2v) is 4.84. The quantitative estimate of drug-likeness (QED) is 0.614. The summed E-state index contributed by atoms with van der Waals surface area (Å²) in [6.45, 7) is 0. The van der Waals surface area contributed by atoms with Crippen LogP contribution in [0, 0.1) is 5.82 Å². The number of H-pyrrole nitrogens is 1. The van der Waals surface area contributed by atoms with Gasteiger partial charge in [-0.05, 0) is 18.2 Å². The monoisotopic (exact) mass is 326 g/mol. The minimum absolute atomic E-state index is 0.0703. The van der Waals surface area contributed by atoms with E-state index < -0.39 is 23.2 Å². The maximum atomic E-state index is 13.5. The van der Waals surface area contributed by atoms with Gasteiger partial charge in [-0.3, -0.25) is 25.2 Å². The highest BCUT2D eigenvalue weighted by Gasteiger charge is 2.16. The number of halogens is 1. The number of hydrazine groups is 1. The number of nitrogens with one attached hydrogen (secondary N) is 3. The first-order valence-electron chi connectivity index (χ1n) is 6.90. The zero-order chi connectivity index (χ0) is 17.1. The molecule has 0 radical (unpaired) electrons. The lowest BCUT2D eigenvalue weighted by molar-refractivity contribution is 0.0842. The Morgan fingerprint density at radius 1 is 0.917 bits per heavy atom. The van der Waals surface area contributed by atoms with Crippen molar-refractivity contribution in [1.29, 1.82) is 0 Å². The van der Waals surface area contributed by atoms with E-state index in [1.807, 2.05) is 0 Å². The number of fused-ring (bicyclic) bond motifs is 1. The number of nitrogens with zero attached hydrogens (tertiary/aromatic N) is 1. The van der Waals surface area contributed by atoms with Crippen molar-refractivity contribution >= 4 is 22.6 Å². The number of carbonyl (C=O) groups excluding carboxylic acids is 2. The summed E-state index contributed by atoms with van der Waals surface area (Å²) in [7, 11) is 0. The molecule has 0 saturated heterocycles. The molecule has 3 rings (SSSR count). The van der Waals surface area contributed by atoms with Crippen molar-refractivity contribution in [3.63, 3.8) is 0 Å². The van der Waals surface area contributed by atoms with Gasteiger partial charge in [-0.2, -0.15) is 5.10 Å². The first kappa shape index (κ1) is 15.3. The average Bonchev–Trinajstić information content (AvgIpc) is 2.60. The second-order valence-electron chi connectivity index (χ2n) is 4.84. The van der Waals surface area contributed by atoms with Crippen LogP contribution in [0.1, 0.15) is 20.8 Å². The summed E-state index contributed by atoms with van der Waals surface area (Å²) in [5.74, 6) is -2.26. The largest absolute Gasteiger partial charge is 0.290 e. The highest BCUT2D eigenvalue weighted by molar-refractivity contribution is 6.05. The van der Waals surface area contributed by atoms with E-state index >= 15 is 0 Å². The van der Waals surface area contributed by atoms with Crippen molar-refractivity contribution in [2.45, 2.75) is 0 Å². The molecule has 3 N–H and O–H groups in total. The third-order valence-electron chi connectivity index (χ3n) is 3.32. The fourth-order valence-corrected chi connectivity index (χ4v) is 2.17. The van der Waals surface area contributed by atoms with Gasteiger partial charge in [-0.25, -0.2) is 9.49 Å². The van der Waals surface area contributed by atoms with Gasteiger partial charge in [0.05, 0.1) is 10.9 Å². The summed E-state index contributed by atoms with van der Waals surface area (Å²) >= 11 is 0. The number of aromatic nitrogens is 2. The molecular weight excluding hydrogens is 315 g/mol. The standard InChI is InChI=1S/C16H11FN4O3/c17-12-8-4-3-7-11(12)15(23)20-21-16(24)13-9-5-1-2-6-10(9)14(22)19-18-13/h1-8H,(H,19,22)(H,20,23)(H,21,24). The Balaban J connectivity index is 1.82. The van der Waals surface area contributed by atoms with E-state index in [4.69, 9.17) is 0 Å². The van der Waals surface area contributed by atoms with Gasteiger partial charge in [-0.15, -0.1) is 0 Å². The van der Waals surface area contributed by atoms with Gasteiger partial charge in [0.15, 0.2) is 5.69 Å². The highest BCUT2D eigenvalue weighted by Crippen LogP contribution is 2.12. The Labute approximate surface area is 134 Å². The summed E-state index contributed by atoms with van der Waals surface area (Å²) in [6, 6.07) is 11.8. The first-order chi connectivity index (χ1) is 11.6. The second kappa shape index (κ2) is 6.29. The van der Waals surface area contributed by atoms with E-state index in [0.717, 1.165) is 6.07 Å². The Kier molecular flexibility index (Phi) is 4.02. The van der Waals surface area contributed by atoms with E-state index in [-0.39, 0.29) is 16.6 Å². The molecule has 0 aliphatic rings. The van der Waals surface area contributed by atoms with Crippen molar-refractivity contribution in [2.75, 3.05) is 0 Å². The third-order valence-corrected chi connectivity index (χ3v) is 3.32. The van der Waals surface area contributed by atoms with E-state index in [0.29, 0.717) is 5.39 Å². The van der Waals surface area contributed by atoms with Crippen molar-refractivity contribution < 1.29 is 14.0 Å². The lowest BCUT2D eigenvalue weighted by Crippen LogP contribution is -2.42. The van der Waals surface area contributed by atoms with Gasteiger partial charge in [0, 0.05) is 5.39 Å².